The molecule has 0 unspecified atom stereocenters. The quantitative estimate of drug-likeness (QED) is 0.866. The molecule has 0 radical (unpaired) electrons. The lowest BCUT2D eigenvalue weighted by atomic mass is 9.95. The van der Waals surface area contributed by atoms with Crippen LogP contribution in [0.3, 0.4) is 0 Å². The smallest absolute Gasteiger partial charge is 0.307 e. The van der Waals surface area contributed by atoms with Crippen LogP contribution in [0.15, 0.2) is 24.3 Å². The van der Waals surface area contributed by atoms with E-state index in [-0.39, 0.29) is 11.7 Å². The van der Waals surface area contributed by atoms with Gasteiger partial charge in [-0.15, -0.1) is 0 Å². The van der Waals surface area contributed by atoms with Gasteiger partial charge in [0.1, 0.15) is 5.82 Å². The summed E-state index contributed by atoms with van der Waals surface area (Å²) in [6, 6.07) is 6.12. The fourth-order valence-corrected chi connectivity index (χ4v) is 2.68. The molecule has 0 aromatic heterocycles. The minimum Gasteiger partial charge on any atom is -0.481 e. The molecule has 20 heavy (non-hydrogen) atoms. The summed E-state index contributed by atoms with van der Waals surface area (Å²) in [4.78, 5) is 23.0. The van der Waals surface area contributed by atoms with Crippen molar-refractivity contribution in [1.29, 1.82) is 0 Å². The first-order valence-corrected chi connectivity index (χ1v) is 6.83. The lowest BCUT2D eigenvalue weighted by Gasteiger charge is -2.15. The summed E-state index contributed by atoms with van der Waals surface area (Å²) in [7, 11) is 0. The van der Waals surface area contributed by atoms with E-state index in [1.54, 1.807) is 12.1 Å². The topological polar surface area (TPSA) is 66.4 Å². The number of hydrogen-bond donors (Lipinski definition) is 2. The second-order valence-corrected chi connectivity index (χ2v) is 5.15. The van der Waals surface area contributed by atoms with Gasteiger partial charge in [-0.3, -0.25) is 9.59 Å². The Morgan fingerprint density at radius 2 is 1.85 bits per heavy atom. The first-order valence-electron chi connectivity index (χ1n) is 6.83. The summed E-state index contributed by atoms with van der Waals surface area (Å²) in [5, 5.41) is 11.8. The molecule has 1 amide bonds. The minimum atomic E-state index is -0.888. The van der Waals surface area contributed by atoms with Gasteiger partial charge < -0.3 is 10.4 Å². The third-order valence-electron chi connectivity index (χ3n) is 3.80. The van der Waals surface area contributed by atoms with E-state index in [2.05, 4.69) is 5.32 Å². The van der Waals surface area contributed by atoms with Crippen molar-refractivity contribution in [1.82, 2.24) is 5.32 Å². The van der Waals surface area contributed by atoms with Crippen molar-refractivity contribution >= 4 is 11.9 Å². The van der Waals surface area contributed by atoms with Gasteiger partial charge in [-0.05, 0) is 37.0 Å². The highest BCUT2D eigenvalue weighted by Gasteiger charge is 2.37. The number of carbonyl (C=O) groups is 2. The van der Waals surface area contributed by atoms with Crippen LogP contribution in [0.4, 0.5) is 4.39 Å². The van der Waals surface area contributed by atoms with Gasteiger partial charge in [-0.2, -0.15) is 0 Å². The first-order chi connectivity index (χ1) is 9.58. The molecular formula is C15H18FNO3. The van der Waals surface area contributed by atoms with Crippen LogP contribution < -0.4 is 5.32 Å². The van der Waals surface area contributed by atoms with Gasteiger partial charge in [-0.25, -0.2) is 4.39 Å². The zero-order chi connectivity index (χ0) is 14.5. The van der Waals surface area contributed by atoms with Crippen molar-refractivity contribution in [2.75, 3.05) is 6.54 Å². The van der Waals surface area contributed by atoms with E-state index in [4.69, 9.17) is 5.11 Å². The number of carbonyl (C=O) groups excluding carboxylic acids is 1. The van der Waals surface area contributed by atoms with Crippen LogP contribution >= 0.6 is 0 Å². The number of carboxylic acid groups (broad SMARTS) is 1. The zero-order valence-electron chi connectivity index (χ0n) is 11.1. The molecule has 1 fully saturated rings. The van der Waals surface area contributed by atoms with Crippen LogP contribution in [0.25, 0.3) is 0 Å². The molecule has 1 aromatic carbocycles. The SMILES string of the molecule is O=C(O)[C@H]1CCC[C@H]1C(=O)NCCc1ccc(F)cc1. The van der Waals surface area contributed by atoms with Gasteiger partial charge in [0.05, 0.1) is 11.8 Å². The van der Waals surface area contributed by atoms with E-state index in [0.29, 0.717) is 25.8 Å². The zero-order valence-corrected chi connectivity index (χ0v) is 11.1. The fourth-order valence-electron chi connectivity index (χ4n) is 2.68. The Morgan fingerprint density at radius 3 is 2.50 bits per heavy atom. The molecule has 2 rings (SSSR count). The third kappa shape index (κ3) is 3.56. The molecule has 2 atom stereocenters. The van der Waals surface area contributed by atoms with E-state index in [0.717, 1.165) is 12.0 Å². The first kappa shape index (κ1) is 14.5. The number of benzene rings is 1. The van der Waals surface area contributed by atoms with E-state index in [9.17, 15) is 14.0 Å². The summed E-state index contributed by atoms with van der Waals surface area (Å²) < 4.78 is 12.7. The highest BCUT2D eigenvalue weighted by atomic mass is 19.1. The molecule has 0 heterocycles. The molecule has 1 aliphatic rings. The Kier molecular flexibility index (Phi) is 4.71. The Morgan fingerprint density at radius 1 is 1.20 bits per heavy atom. The van der Waals surface area contributed by atoms with Gasteiger partial charge >= 0.3 is 5.97 Å². The van der Waals surface area contributed by atoms with Crippen molar-refractivity contribution in [2.24, 2.45) is 11.8 Å². The Hall–Kier alpha value is -1.91. The molecule has 0 saturated heterocycles. The number of carboxylic acids is 1. The molecule has 2 N–H and O–H groups in total. The summed E-state index contributed by atoms with van der Waals surface area (Å²) in [6.07, 6.45) is 2.61. The summed E-state index contributed by atoms with van der Waals surface area (Å²) in [5.74, 6) is -2.33. The van der Waals surface area contributed by atoms with Crippen molar-refractivity contribution in [3.05, 3.63) is 35.6 Å². The van der Waals surface area contributed by atoms with Crippen molar-refractivity contribution in [3.63, 3.8) is 0 Å². The molecule has 4 nitrogen and oxygen atoms in total. The predicted octanol–water partition coefficient (Wildman–Crippen LogP) is 1.99. The Bertz CT molecular complexity index is 486. The minimum absolute atomic E-state index is 0.183. The summed E-state index contributed by atoms with van der Waals surface area (Å²) >= 11 is 0. The largest absolute Gasteiger partial charge is 0.481 e. The highest BCUT2D eigenvalue weighted by Crippen LogP contribution is 2.31. The monoisotopic (exact) mass is 279 g/mol. The lowest BCUT2D eigenvalue weighted by Crippen LogP contribution is -2.36. The normalized spacial score (nSPS) is 21.6. The van der Waals surface area contributed by atoms with E-state index >= 15 is 0 Å². The Balaban J connectivity index is 1.80. The predicted molar refractivity (Wildman–Crippen MR) is 71.6 cm³/mol. The van der Waals surface area contributed by atoms with Gasteiger partial charge in [0, 0.05) is 6.54 Å². The fraction of sp³-hybridized carbons (Fsp3) is 0.467. The van der Waals surface area contributed by atoms with Crippen LogP contribution in [-0.4, -0.2) is 23.5 Å². The number of nitrogens with one attached hydrogen (secondary N) is 1. The second kappa shape index (κ2) is 6.50. The number of rotatable bonds is 5. The molecule has 0 aliphatic heterocycles. The van der Waals surface area contributed by atoms with E-state index < -0.39 is 17.8 Å². The van der Waals surface area contributed by atoms with Crippen LogP contribution in [0, 0.1) is 17.7 Å². The highest BCUT2D eigenvalue weighted by molar-refractivity contribution is 5.85. The standard InChI is InChI=1S/C15H18FNO3/c16-11-6-4-10(5-7-11)8-9-17-14(18)12-2-1-3-13(12)15(19)20/h4-7,12-13H,1-3,8-9H2,(H,17,18)(H,19,20)/t12-,13+/m1/s1. The molecule has 0 spiro atoms. The van der Waals surface area contributed by atoms with E-state index in [1.807, 2.05) is 0 Å². The number of hydrogen-bond acceptors (Lipinski definition) is 2. The number of aliphatic carboxylic acids is 1. The van der Waals surface area contributed by atoms with Crippen molar-refractivity contribution in [3.8, 4) is 0 Å². The van der Waals surface area contributed by atoms with Gasteiger partial charge in [0.2, 0.25) is 5.91 Å². The van der Waals surface area contributed by atoms with Crippen LogP contribution in [0.1, 0.15) is 24.8 Å². The Labute approximate surface area is 117 Å². The van der Waals surface area contributed by atoms with E-state index in [1.165, 1.54) is 12.1 Å². The van der Waals surface area contributed by atoms with Crippen molar-refractivity contribution in [2.45, 2.75) is 25.7 Å². The van der Waals surface area contributed by atoms with Crippen LogP contribution in [0.2, 0.25) is 0 Å². The summed E-state index contributed by atoms with van der Waals surface area (Å²) in [5.41, 5.74) is 0.938. The maximum Gasteiger partial charge on any atom is 0.307 e. The molecule has 5 heteroatoms. The maximum atomic E-state index is 12.7. The molecule has 1 aliphatic carbocycles. The molecule has 1 aromatic rings. The average molecular weight is 279 g/mol. The molecule has 1 saturated carbocycles. The third-order valence-corrected chi connectivity index (χ3v) is 3.80. The molecular weight excluding hydrogens is 261 g/mol. The van der Waals surface area contributed by atoms with Gasteiger partial charge in [0.15, 0.2) is 0 Å². The second-order valence-electron chi connectivity index (χ2n) is 5.15. The number of halogens is 1. The van der Waals surface area contributed by atoms with Gasteiger partial charge in [0.25, 0.3) is 0 Å². The molecule has 108 valence electrons. The average Bonchev–Trinajstić information content (AvgIpc) is 2.90. The van der Waals surface area contributed by atoms with Crippen LogP contribution in [-0.2, 0) is 16.0 Å². The van der Waals surface area contributed by atoms with Gasteiger partial charge in [-0.1, -0.05) is 18.6 Å². The van der Waals surface area contributed by atoms with Crippen LogP contribution in [0.5, 0.6) is 0 Å². The maximum absolute atomic E-state index is 12.7. The summed E-state index contributed by atoms with van der Waals surface area (Å²) in [6.45, 7) is 0.438. The van der Waals surface area contributed by atoms with Crippen molar-refractivity contribution < 1.29 is 19.1 Å². The lowest BCUT2D eigenvalue weighted by molar-refractivity contribution is -0.146. The number of amides is 1. The molecule has 0 bridgehead atoms.